The number of hydrogen-bond acceptors (Lipinski definition) is 5. The Kier molecular flexibility index (Phi) is 8.54. The van der Waals surface area contributed by atoms with Crippen molar-refractivity contribution >= 4 is 0 Å². The van der Waals surface area contributed by atoms with Crippen LogP contribution in [0, 0.1) is 0 Å². The van der Waals surface area contributed by atoms with E-state index in [2.05, 4.69) is 66.6 Å². The van der Waals surface area contributed by atoms with Crippen molar-refractivity contribution in [3.05, 3.63) is 54.0 Å². The molecule has 6 nitrogen and oxygen atoms in total. The van der Waals surface area contributed by atoms with E-state index in [1.807, 2.05) is 18.2 Å². The van der Waals surface area contributed by atoms with Crippen LogP contribution in [0.3, 0.4) is 0 Å². The summed E-state index contributed by atoms with van der Waals surface area (Å²) < 4.78 is 9.47. The quantitative estimate of drug-likeness (QED) is 0.719. The van der Waals surface area contributed by atoms with Crippen LogP contribution in [0.1, 0.15) is 76.4 Å². The van der Waals surface area contributed by atoms with Gasteiger partial charge in [0.2, 0.25) is 0 Å². The Labute approximate surface area is 143 Å². The van der Waals surface area contributed by atoms with Gasteiger partial charge in [-0.05, 0) is 17.9 Å². The highest BCUT2D eigenvalue weighted by atomic mass is 16.5. The molecule has 0 unspecified atom stereocenters. The van der Waals surface area contributed by atoms with Gasteiger partial charge in [0.05, 0.1) is 11.9 Å². The highest BCUT2D eigenvalue weighted by Gasteiger charge is 2.00. The van der Waals surface area contributed by atoms with Crippen molar-refractivity contribution in [2.75, 3.05) is 0 Å². The van der Waals surface area contributed by atoms with Gasteiger partial charge in [-0.2, -0.15) is 5.10 Å². The van der Waals surface area contributed by atoms with E-state index in [0.29, 0.717) is 17.8 Å². The molecule has 3 aromatic rings. The Morgan fingerprint density at radius 1 is 0.875 bits per heavy atom. The molecular weight excluding hydrogens is 304 g/mol. The summed E-state index contributed by atoms with van der Waals surface area (Å²) in [5.74, 6) is 2.45. The first kappa shape index (κ1) is 19.7. The minimum atomic E-state index is 0.456. The van der Waals surface area contributed by atoms with Crippen LogP contribution >= 0.6 is 0 Å². The molecule has 3 heterocycles. The van der Waals surface area contributed by atoms with Gasteiger partial charge in [0.25, 0.3) is 0 Å². The van der Waals surface area contributed by atoms with Crippen LogP contribution in [0.2, 0.25) is 0 Å². The molecule has 3 aromatic heterocycles. The van der Waals surface area contributed by atoms with Gasteiger partial charge in [-0.3, -0.25) is 5.10 Å². The summed E-state index contributed by atoms with van der Waals surface area (Å²) in [7, 11) is 0. The van der Waals surface area contributed by atoms with Gasteiger partial charge >= 0.3 is 0 Å². The van der Waals surface area contributed by atoms with Crippen LogP contribution in [-0.2, 0) is 0 Å². The van der Waals surface area contributed by atoms with E-state index in [0.717, 1.165) is 11.5 Å². The predicted octanol–water partition coefficient (Wildman–Crippen LogP) is 5.13. The minimum Gasteiger partial charge on any atom is -0.365 e. The fraction of sp³-hybridized carbons (Fsp3) is 0.500. The summed E-state index contributed by atoms with van der Waals surface area (Å²) in [6, 6.07) is 5.75. The molecule has 0 aliphatic carbocycles. The van der Waals surface area contributed by atoms with Crippen LogP contribution < -0.4 is 0 Å². The second-order valence-electron chi connectivity index (χ2n) is 6.32. The molecule has 0 amide bonds. The second kappa shape index (κ2) is 10.4. The molecule has 0 aliphatic rings. The van der Waals surface area contributed by atoms with Crippen molar-refractivity contribution in [1.82, 2.24) is 20.5 Å². The van der Waals surface area contributed by atoms with E-state index in [1.165, 1.54) is 5.69 Å². The molecule has 0 radical (unpaired) electrons. The summed E-state index contributed by atoms with van der Waals surface area (Å²) in [6.45, 7) is 12.6. The number of rotatable bonds is 3. The molecule has 3 rings (SSSR count). The molecule has 0 atom stereocenters. The molecular formula is C18H28N4O2. The summed E-state index contributed by atoms with van der Waals surface area (Å²) >= 11 is 0. The average molecular weight is 332 g/mol. The van der Waals surface area contributed by atoms with E-state index in [9.17, 15) is 0 Å². The van der Waals surface area contributed by atoms with Crippen molar-refractivity contribution in [1.29, 1.82) is 0 Å². The minimum absolute atomic E-state index is 0.456. The van der Waals surface area contributed by atoms with Crippen LogP contribution in [0.5, 0.6) is 0 Å². The van der Waals surface area contributed by atoms with Gasteiger partial charge < -0.3 is 9.05 Å². The lowest BCUT2D eigenvalue weighted by Crippen LogP contribution is -1.85. The molecule has 1 N–H and O–H groups in total. The molecule has 0 aromatic carbocycles. The number of nitrogens with one attached hydrogen (secondary N) is 1. The lowest BCUT2D eigenvalue weighted by molar-refractivity contribution is 0.371. The van der Waals surface area contributed by atoms with E-state index in [4.69, 9.17) is 4.52 Å². The summed E-state index contributed by atoms with van der Waals surface area (Å²) in [5, 5.41) is 14.0. The third-order valence-electron chi connectivity index (χ3n) is 3.22. The maximum Gasteiger partial charge on any atom is 0.139 e. The van der Waals surface area contributed by atoms with Crippen LogP contribution in [0.15, 0.2) is 45.9 Å². The van der Waals surface area contributed by atoms with Gasteiger partial charge in [0.1, 0.15) is 12.0 Å². The van der Waals surface area contributed by atoms with Crippen LogP contribution in [0.25, 0.3) is 0 Å². The van der Waals surface area contributed by atoms with E-state index in [1.54, 1.807) is 18.7 Å². The van der Waals surface area contributed by atoms with Gasteiger partial charge in [0, 0.05) is 29.9 Å². The van der Waals surface area contributed by atoms with Gasteiger partial charge in [0.15, 0.2) is 0 Å². The molecule has 0 saturated heterocycles. The average Bonchev–Trinajstić information content (AvgIpc) is 3.29. The highest BCUT2D eigenvalue weighted by Crippen LogP contribution is 2.11. The zero-order valence-electron chi connectivity index (χ0n) is 15.4. The normalized spacial score (nSPS) is 10.4. The Bertz CT molecular complexity index is 521. The first-order chi connectivity index (χ1) is 11.4. The molecule has 24 heavy (non-hydrogen) atoms. The number of H-pyrrole nitrogens is 1. The van der Waals surface area contributed by atoms with Gasteiger partial charge in [-0.25, -0.2) is 0 Å². The SMILES string of the molecule is CC(C)c1ccn[nH]1.CC(C)c1ccno1.CC(C)c1ccon1. The Morgan fingerprint density at radius 3 is 1.88 bits per heavy atom. The predicted molar refractivity (Wildman–Crippen MR) is 93.9 cm³/mol. The van der Waals surface area contributed by atoms with E-state index in [-0.39, 0.29) is 0 Å². The Morgan fingerprint density at radius 2 is 1.62 bits per heavy atom. The fourth-order valence-electron chi connectivity index (χ4n) is 1.63. The lowest BCUT2D eigenvalue weighted by Gasteiger charge is -1.95. The Balaban J connectivity index is 0.000000180. The third kappa shape index (κ3) is 7.26. The molecule has 0 spiro atoms. The van der Waals surface area contributed by atoms with Crippen molar-refractivity contribution in [3.8, 4) is 0 Å². The summed E-state index contributed by atoms with van der Waals surface area (Å²) in [4.78, 5) is 0. The number of aromatic nitrogens is 4. The van der Waals surface area contributed by atoms with Gasteiger partial charge in [-0.1, -0.05) is 51.9 Å². The number of hydrogen-bond donors (Lipinski definition) is 1. The Hall–Kier alpha value is -2.37. The molecule has 0 fully saturated rings. The standard InChI is InChI=1S/C6H10N2.2C6H9NO/c1-5(2)6-3-4-7-8-6;1-5(2)6-3-4-8-7-6;1-5(2)6-3-4-7-8-6/h3-5H,1-2H3,(H,7,8);2*3-5H,1-2H3. The first-order valence-corrected chi connectivity index (χ1v) is 8.21. The molecule has 0 saturated carbocycles. The van der Waals surface area contributed by atoms with E-state index < -0.39 is 0 Å². The molecule has 6 heteroatoms. The molecule has 0 aliphatic heterocycles. The smallest absolute Gasteiger partial charge is 0.139 e. The number of nitrogens with zero attached hydrogens (tertiary/aromatic N) is 3. The van der Waals surface area contributed by atoms with Crippen molar-refractivity contribution in [2.45, 2.75) is 59.3 Å². The van der Waals surface area contributed by atoms with Crippen molar-refractivity contribution in [2.24, 2.45) is 0 Å². The maximum absolute atomic E-state index is 4.84. The molecule has 132 valence electrons. The first-order valence-electron chi connectivity index (χ1n) is 8.21. The third-order valence-corrected chi connectivity index (χ3v) is 3.22. The second-order valence-corrected chi connectivity index (χ2v) is 6.32. The lowest BCUT2D eigenvalue weighted by atomic mass is 10.1. The summed E-state index contributed by atoms with van der Waals surface area (Å²) in [5.41, 5.74) is 2.22. The zero-order chi connectivity index (χ0) is 17.9. The highest BCUT2D eigenvalue weighted by molar-refractivity contribution is 5.02. The topological polar surface area (TPSA) is 80.7 Å². The largest absolute Gasteiger partial charge is 0.365 e. The zero-order valence-corrected chi connectivity index (χ0v) is 15.4. The number of aromatic amines is 1. The van der Waals surface area contributed by atoms with Crippen LogP contribution in [0.4, 0.5) is 0 Å². The van der Waals surface area contributed by atoms with Crippen LogP contribution in [-0.4, -0.2) is 20.5 Å². The fourth-order valence-corrected chi connectivity index (χ4v) is 1.63. The maximum atomic E-state index is 4.84. The molecule has 0 bridgehead atoms. The van der Waals surface area contributed by atoms with Crippen molar-refractivity contribution in [3.63, 3.8) is 0 Å². The van der Waals surface area contributed by atoms with Crippen molar-refractivity contribution < 1.29 is 9.05 Å². The van der Waals surface area contributed by atoms with Gasteiger partial charge in [-0.15, -0.1) is 0 Å². The summed E-state index contributed by atoms with van der Waals surface area (Å²) in [6.07, 6.45) is 5.03. The van der Waals surface area contributed by atoms with E-state index >= 15 is 0 Å². The monoisotopic (exact) mass is 332 g/mol.